The number of fused-ring (bicyclic) bond motifs is 5. The Morgan fingerprint density at radius 1 is 1.00 bits per heavy atom. The van der Waals surface area contributed by atoms with Gasteiger partial charge < -0.3 is 5.11 Å². The van der Waals surface area contributed by atoms with Crippen LogP contribution in [0.3, 0.4) is 0 Å². The molecular weight excluding hydrogens is 270 g/mol. The average Bonchev–Trinajstić information content (AvgIpc) is 3.13. The molecule has 3 aliphatic rings. The molecule has 2 fully saturated rings. The van der Waals surface area contributed by atoms with Crippen LogP contribution in [0.2, 0.25) is 0 Å². The molecule has 0 unspecified atom stereocenters. The molecule has 21 heavy (non-hydrogen) atoms. The van der Waals surface area contributed by atoms with Crippen LogP contribution in [0, 0.1) is 23.7 Å². The van der Waals surface area contributed by atoms with Gasteiger partial charge in [0.15, 0.2) is 0 Å². The van der Waals surface area contributed by atoms with Crippen molar-refractivity contribution in [3.63, 3.8) is 0 Å². The van der Waals surface area contributed by atoms with Crippen molar-refractivity contribution < 1.29 is 19.5 Å². The summed E-state index contributed by atoms with van der Waals surface area (Å²) < 4.78 is 0. The van der Waals surface area contributed by atoms with Crippen LogP contribution in [0.1, 0.15) is 16.8 Å². The van der Waals surface area contributed by atoms with Gasteiger partial charge in [-0.05, 0) is 42.5 Å². The predicted molar refractivity (Wildman–Crippen MR) is 73.6 cm³/mol. The maximum absolute atomic E-state index is 12.6. The number of carbonyl (C=O) groups excluding carboxylic acids is 2. The zero-order valence-electron chi connectivity index (χ0n) is 11.1. The fraction of sp³-hybridized carbons (Fsp3) is 0.312. The Kier molecular flexibility index (Phi) is 2.37. The molecule has 2 amide bonds. The van der Waals surface area contributed by atoms with Gasteiger partial charge in [0.05, 0.1) is 23.1 Å². The summed E-state index contributed by atoms with van der Waals surface area (Å²) in [4.78, 5) is 37.2. The first-order chi connectivity index (χ1) is 10.1. The van der Waals surface area contributed by atoms with E-state index in [0.717, 1.165) is 6.42 Å². The molecule has 1 saturated heterocycles. The number of hydrogen-bond donors (Lipinski definition) is 1. The number of carboxylic acids is 1. The number of carbonyl (C=O) groups is 3. The highest BCUT2D eigenvalue weighted by molar-refractivity contribution is 6.22. The Hall–Kier alpha value is -2.43. The third-order valence-corrected chi connectivity index (χ3v) is 4.84. The number of allylic oxidation sites excluding steroid dienone is 2. The monoisotopic (exact) mass is 283 g/mol. The number of rotatable bonds is 2. The van der Waals surface area contributed by atoms with Gasteiger partial charge in [-0.15, -0.1) is 0 Å². The summed E-state index contributed by atoms with van der Waals surface area (Å²) in [7, 11) is 0. The minimum atomic E-state index is -1.03. The zero-order chi connectivity index (χ0) is 14.7. The Labute approximate surface area is 120 Å². The molecule has 1 N–H and O–H groups in total. The molecule has 1 aromatic carbocycles. The van der Waals surface area contributed by atoms with Crippen LogP contribution in [-0.4, -0.2) is 22.9 Å². The van der Waals surface area contributed by atoms with Crippen LogP contribution in [0.25, 0.3) is 0 Å². The number of nitrogens with zero attached hydrogens (tertiary/aromatic N) is 1. The lowest BCUT2D eigenvalue weighted by Crippen LogP contribution is -2.32. The van der Waals surface area contributed by atoms with E-state index in [1.165, 1.54) is 29.2 Å². The number of hydrogen-bond acceptors (Lipinski definition) is 3. The fourth-order valence-corrected chi connectivity index (χ4v) is 3.91. The third kappa shape index (κ3) is 1.54. The van der Waals surface area contributed by atoms with Crippen molar-refractivity contribution in [3.8, 4) is 0 Å². The number of amides is 2. The van der Waals surface area contributed by atoms with Gasteiger partial charge in [-0.3, -0.25) is 14.5 Å². The van der Waals surface area contributed by atoms with Crippen molar-refractivity contribution in [3.05, 3.63) is 42.0 Å². The Morgan fingerprint density at radius 2 is 1.52 bits per heavy atom. The molecule has 0 radical (unpaired) electrons. The first-order valence-electron chi connectivity index (χ1n) is 6.97. The quantitative estimate of drug-likeness (QED) is 0.662. The second-order valence-corrected chi connectivity index (χ2v) is 5.86. The lowest BCUT2D eigenvalue weighted by atomic mass is 9.85. The van der Waals surface area contributed by atoms with Crippen LogP contribution in [-0.2, 0) is 9.59 Å². The second kappa shape index (κ2) is 4.04. The van der Waals surface area contributed by atoms with Crippen molar-refractivity contribution in [1.29, 1.82) is 0 Å². The standard InChI is InChI=1S/C16H13NO4/c18-14-12-9-1-2-10(7-9)13(12)15(19)17(14)11-5-3-8(4-6-11)16(20)21/h1-6,9-10,12-13H,7H2,(H,20,21)/t9-,10-,12+,13+/m0/s1. The topological polar surface area (TPSA) is 74.7 Å². The predicted octanol–water partition coefficient (Wildman–Crippen LogP) is 1.70. The van der Waals surface area contributed by atoms with Crippen LogP contribution in [0.5, 0.6) is 0 Å². The number of aromatic carboxylic acids is 1. The van der Waals surface area contributed by atoms with Crippen molar-refractivity contribution in [2.75, 3.05) is 4.90 Å². The third-order valence-electron chi connectivity index (χ3n) is 4.84. The zero-order valence-corrected chi connectivity index (χ0v) is 11.1. The molecule has 2 bridgehead atoms. The van der Waals surface area contributed by atoms with E-state index in [1.54, 1.807) is 0 Å². The van der Waals surface area contributed by atoms with Gasteiger partial charge in [0.1, 0.15) is 0 Å². The molecule has 5 heteroatoms. The fourth-order valence-electron chi connectivity index (χ4n) is 3.91. The highest BCUT2D eigenvalue weighted by Gasteiger charge is 2.59. The summed E-state index contributed by atoms with van der Waals surface area (Å²) in [5.41, 5.74) is 0.601. The molecule has 4 atom stereocenters. The summed E-state index contributed by atoms with van der Waals surface area (Å²) in [6.45, 7) is 0. The molecule has 1 heterocycles. The number of benzene rings is 1. The van der Waals surface area contributed by atoms with Gasteiger partial charge in [-0.1, -0.05) is 12.2 Å². The Balaban J connectivity index is 1.69. The molecule has 4 rings (SSSR count). The lowest BCUT2D eigenvalue weighted by molar-refractivity contribution is -0.123. The number of imide groups is 1. The lowest BCUT2D eigenvalue weighted by Gasteiger charge is -2.17. The van der Waals surface area contributed by atoms with Crippen molar-refractivity contribution >= 4 is 23.5 Å². The molecule has 106 valence electrons. The van der Waals surface area contributed by atoms with Gasteiger partial charge in [-0.2, -0.15) is 0 Å². The summed E-state index contributed by atoms with van der Waals surface area (Å²) in [6.07, 6.45) is 5.00. The van der Waals surface area contributed by atoms with Gasteiger partial charge >= 0.3 is 5.97 Å². The number of carboxylic acid groups (broad SMARTS) is 1. The minimum absolute atomic E-state index is 0.139. The van der Waals surface area contributed by atoms with Gasteiger partial charge in [0, 0.05) is 0 Å². The van der Waals surface area contributed by atoms with E-state index in [-0.39, 0.29) is 41.0 Å². The summed E-state index contributed by atoms with van der Waals surface area (Å²) in [5, 5.41) is 8.90. The van der Waals surface area contributed by atoms with Crippen LogP contribution < -0.4 is 4.90 Å². The average molecular weight is 283 g/mol. The smallest absolute Gasteiger partial charge is 0.335 e. The molecule has 0 spiro atoms. The van der Waals surface area contributed by atoms with Gasteiger partial charge in [0.25, 0.3) is 0 Å². The maximum Gasteiger partial charge on any atom is 0.335 e. The molecule has 1 aromatic rings. The molecule has 1 aliphatic heterocycles. The summed E-state index contributed by atoms with van der Waals surface area (Å²) in [6, 6.07) is 5.88. The maximum atomic E-state index is 12.6. The van der Waals surface area contributed by atoms with Crippen LogP contribution in [0.15, 0.2) is 36.4 Å². The molecule has 5 nitrogen and oxygen atoms in total. The summed E-state index contributed by atoms with van der Waals surface area (Å²) in [5.74, 6) is -1.42. The SMILES string of the molecule is O=C(O)c1ccc(N2C(=O)[C@H]3[C@H](C2=O)[C@H]2C=C[C@H]3C2)cc1. The van der Waals surface area contributed by atoms with E-state index in [2.05, 4.69) is 0 Å². The first kappa shape index (κ1) is 12.3. The Morgan fingerprint density at radius 3 is 2.00 bits per heavy atom. The molecule has 2 aliphatic carbocycles. The van der Waals surface area contributed by atoms with Gasteiger partial charge in [-0.25, -0.2) is 4.79 Å². The van der Waals surface area contributed by atoms with Crippen LogP contribution >= 0.6 is 0 Å². The van der Waals surface area contributed by atoms with E-state index in [0.29, 0.717) is 5.69 Å². The van der Waals surface area contributed by atoms with E-state index in [9.17, 15) is 14.4 Å². The normalized spacial score (nSPS) is 32.9. The van der Waals surface area contributed by atoms with Crippen molar-refractivity contribution in [2.45, 2.75) is 6.42 Å². The second-order valence-electron chi connectivity index (χ2n) is 5.86. The molecule has 1 saturated carbocycles. The minimum Gasteiger partial charge on any atom is -0.478 e. The highest BCUT2D eigenvalue weighted by atomic mass is 16.4. The highest BCUT2D eigenvalue weighted by Crippen LogP contribution is 2.53. The van der Waals surface area contributed by atoms with Crippen molar-refractivity contribution in [2.24, 2.45) is 23.7 Å². The first-order valence-corrected chi connectivity index (χ1v) is 6.97. The van der Waals surface area contributed by atoms with Crippen LogP contribution in [0.4, 0.5) is 5.69 Å². The van der Waals surface area contributed by atoms with E-state index >= 15 is 0 Å². The Bertz CT molecular complexity index is 661. The van der Waals surface area contributed by atoms with Crippen molar-refractivity contribution in [1.82, 2.24) is 0 Å². The molecular formula is C16H13NO4. The van der Waals surface area contributed by atoms with E-state index in [4.69, 9.17) is 5.11 Å². The van der Waals surface area contributed by atoms with Gasteiger partial charge in [0.2, 0.25) is 11.8 Å². The van der Waals surface area contributed by atoms with E-state index < -0.39 is 5.97 Å². The van der Waals surface area contributed by atoms with E-state index in [1.807, 2.05) is 12.2 Å². The molecule has 0 aromatic heterocycles. The summed E-state index contributed by atoms with van der Waals surface area (Å²) >= 11 is 0. The largest absolute Gasteiger partial charge is 0.478 e. The number of anilines is 1.